The lowest BCUT2D eigenvalue weighted by Crippen LogP contribution is -2.03. The van der Waals surface area contributed by atoms with Crippen LogP contribution < -0.4 is 0 Å². The Labute approximate surface area is 116 Å². The average molecular weight is 318 g/mol. The van der Waals surface area contributed by atoms with E-state index in [2.05, 4.69) is 0 Å². The number of alkyl halides is 2. The third-order valence-corrected chi connectivity index (χ3v) is 4.18. The highest BCUT2D eigenvalue weighted by molar-refractivity contribution is 6.53. The Kier molecular flexibility index (Phi) is 3.24. The van der Waals surface area contributed by atoms with Gasteiger partial charge in [-0.2, -0.15) is 0 Å². The van der Waals surface area contributed by atoms with Crippen molar-refractivity contribution in [3.63, 3.8) is 0 Å². The van der Waals surface area contributed by atoms with Gasteiger partial charge in [-0.15, -0.1) is 0 Å². The van der Waals surface area contributed by atoms with Gasteiger partial charge in [0, 0.05) is 5.92 Å². The van der Waals surface area contributed by atoms with Crippen LogP contribution in [-0.2, 0) is 4.79 Å². The van der Waals surface area contributed by atoms with Crippen LogP contribution in [0.25, 0.3) is 0 Å². The number of carboxylic acid groups (broad SMARTS) is 1. The van der Waals surface area contributed by atoms with Crippen molar-refractivity contribution in [2.24, 2.45) is 5.92 Å². The number of carboxylic acids is 1. The molecule has 1 aliphatic carbocycles. The summed E-state index contributed by atoms with van der Waals surface area (Å²) in [5, 5.41) is 8.53. The Balaban J connectivity index is 2.41. The fourth-order valence-electron chi connectivity index (χ4n) is 1.80. The van der Waals surface area contributed by atoms with E-state index in [0.29, 0.717) is 5.56 Å². The Morgan fingerprint density at radius 1 is 1.29 bits per heavy atom. The van der Waals surface area contributed by atoms with Gasteiger partial charge in [-0.25, -0.2) is 4.39 Å². The molecule has 92 valence electrons. The van der Waals surface area contributed by atoms with Gasteiger partial charge in [-0.05, 0) is 17.7 Å². The summed E-state index contributed by atoms with van der Waals surface area (Å²) in [5.74, 6) is -3.45. The molecule has 0 unspecified atom stereocenters. The molecule has 2 atom stereocenters. The third-order valence-electron chi connectivity index (χ3n) is 2.68. The van der Waals surface area contributed by atoms with Crippen LogP contribution in [0.3, 0.4) is 0 Å². The zero-order valence-corrected chi connectivity index (χ0v) is 11.1. The SMILES string of the molecule is O=C(O)[C@@H]1[C@@H](c2cc(Cl)c(F)c(Cl)c2)C1(Cl)Cl. The maximum absolute atomic E-state index is 13.2. The van der Waals surface area contributed by atoms with Gasteiger partial charge in [-0.3, -0.25) is 4.79 Å². The zero-order chi connectivity index (χ0) is 13.0. The van der Waals surface area contributed by atoms with E-state index in [-0.39, 0.29) is 10.0 Å². The van der Waals surface area contributed by atoms with Gasteiger partial charge in [0.1, 0.15) is 4.33 Å². The van der Waals surface area contributed by atoms with Crippen LogP contribution in [0.2, 0.25) is 10.0 Å². The monoisotopic (exact) mass is 316 g/mol. The average Bonchev–Trinajstić information content (AvgIpc) is 2.77. The van der Waals surface area contributed by atoms with Crippen molar-refractivity contribution in [1.29, 1.82) is 0 Å². The number of aliphatic carboxylic acids is 1. The van der Waals surface area contributed by atoms with Gasteiger partial charge in [0.15, 0.2) is 5.82 Å². The van der Waals surface area contributed by atoms with Gasteiger partial charge in [-0.1, -0.05) is 46.4 Å². The molecule has 1 fully saturated rings. The lowest BCUT2D eigenvalue weighted by molar-refractivity contribution is -0.138. The largest absolute Gasteiger partial charge is 0.481 e. The number of rotatable bonds is 2. The van der Waals surface area contributed by atoms with E-state index >= 15 is 0 Å². The lowest BCUT2D eigenvalue weighted by atomic mass is 10.1. The molecule has 17 heavy (non-hydrogen) atoms. The minimum Gasteiger partial charge on any atom is -0.481 e. The molecule has 0 radical (unpaired) electrons. The van der Waals surface area contributed by atoms with Gasteiger partial charge in [0.05, 0.1) is 16.0 Å². The zero-order valence-electron chi connectivity index (χ0n) is 8.05. The molecule has 1 saturated carbocycles. The highest BCUT2D eigenvalue weighted by Crippen LogP contribution is 2.65. The van der Waals surface area contributed by atoms with E-state index in [1.54, 1.807) is 0 Å². The molecule has 0 heterocycles. The molecule has 0 spiro atoms. The summed E-state index contributed by atoms with van der Waals surface area (Å²) in [7, 11) is 0. The summed E-state index contributed by atoms with van der Waals surface area (Å²) in [6.45, 7) is 0. The second kappa shape index (κ2) is 4.16. The first-order valence-electron chi connectivity index (χ1n) is 4.52. The lowest BCUT2D eigenvalue weighted by Gasteiger charge is -2.04. The maximum atomic E-state index is 13.2. The molecular weight excluding hydrogens is 313 g/mol. The molecule has 0 bridgehead atoms. The Bertz CT molecular complexity index is 480. The third kappa shape index (κ3) is 2.10. The standard InChI is InChI=1S/C10H5Cl4FO2/c11-4-1-3(2-5(12)8(4)15)6-7(9(16)17)10(6,13)14/h1-2,6-7H,(H,16,17)/t6-,7+/m1/s1. The second-order valence-corrected chi connectivity index (χ2v) is 6.03. The Morgan fingerprint density at radius 3 is 2.12 bits per heavy atom. The minimum absolute atomic E-state index is 0.187. The van der Waals surface area contributed by atoms with Crippen molar-refractivity contribution in [3.05, 3.63) is 33.6 Å². The fraction of sp³-hybridized carbons (Fsp3) is 0.300. The van der Waals surface area contributed by atoms with Gasteiger partial charge >= 0.3 is 5.97 Å². The first-order valence-corrected chi connectivity index (χ1v) is 6.03. The van der Waals surface area contributed by atoms with E-state index in [4.69, 9.17) is 51.5 Å². The predicted molar refractivity (Wildman–Crippen MR) is 64.7 cm³/mol. The molecule has 0 saturated heterocycles. The second-order valence-electron chi connectivity index (χ2n) is 3.77. The van der Waals surface area contributed by atoms with Crippen LogP contribution in [-0.4, -0.2) is 15.4 Å². The minimum atomic E-state index is -1.41. The molecule has 0 amide bonds. The molecule has 2 rings (SSSR count). The predicted octanol–water partition coefficient (Wildman–Crippen LogP) is 4.10. The number of carbonyl (C=O) groups is 1. The molecular formula is C10H5Cl4FO2. The number of hydrogen-bond acceptors (Lipinski definition) is 1. The van der Waals surface area contributed by atoms with Crippen molar-refractivity contribution in [1.82, 2.24) is 0 Å². The Hall–Kier alpha value is -0.220. The topological polar surface area (TPSA) is 37.3 Å². The molecule has 0 aliphatic heterocycles. The first kappa shape index (κ1) is 13.2. The van der Waals surface area contributed by atoms with Crippen LogP contribution in [0.5, 0.6) is 0 Å². The summed E-state index contributed by atoms with van der Waals surface area (Å²) >= 11 is 22.9. The first-order chi connectivity index (χ1) is 7.76. The summed E-state index contributed by atoms with van der Waals surface area (Å²) in [6, 6.07) is 2.58. The van der Waals surface area contributed by atoms with E-state index in [9.17, 15) is 9.18 Å². The van der Waals surface area contributed by atoms with Crippen molar-refractivity contribution in [2.75, 3.05) is 0 Å². The smallest absolute Gasteiger partial charge is 0.310 e. The van der Waals surface area contributed by atoms with Crippen molar-refractivity contribution >= 4 is 52.4 Å². The summed E-state index contributed by atoms with van der Waals surface area (Å²) in [5.41, 5.74) is 0.416. The Morgan fingerprint density at radius 2 is 1.76 bits per heavy atom. The summed E-state index contributed by atoms with van der Waals surface area (Å²) in [6.07, 6.45) is 0. The highest BCUT2D eigenvalue weighted by atomic mass is 35.5. The summed E-state index contributed by atoms with van der Waals surface area (Å²) in [4.78, 5) is 10.9. The quantitative estimate of drug-likeness (QED) is 0.658. The normalized spacial score (nSPS) is 25.7. The van der Waals surface area contributed by atoms with Crippen molar-refractivity contribution in [2.45, 2.75) is 10.3 Å². The maximum Gasteiger partial charge on any atom is 0.310 e. The van der Waals surface area contributed by atoms with Gasteiger partial charge in [0.2, 0.25) is 0 Å². The van der Waals surface area contributed by atoms with Crippen LogP contribution in [0.1, 0.15) is 11.5 Å². The van der Waals surface area contributed by atoms with Crippen LogP contribution in [0.4, 0.5) is 4.39 Å². The van der Waals surface area contributed by atoms with Crippen molar-refractivity contribution < 1.29 is 14.3 Å². The fourth-order valence-corrected chi connectivity index (χ4v) is 3.12. The number of benzene rings is 1. The van der Waals surface area contributed by atoms with E-state index < -0.39 is 28.0 Å². The van der Waals surface area contributed by atoms with Crippen LogP contribution in [0.15, 0.2) is 12.1 Å². The van der Waals surface area contributed by atoms with Crippen molar-refractivity contribution in [3.8, 4) is 0 Å². The number of hydrogen-bond donors (Lipinski definition) is 1. The van der Waals surface area contributed by atoms with Crippen LogP contribution in [0, 0.1) is 11.7 Å². The van der Waals surface area contributed by atoms with Gasteiger partial charge in [0.25, 0.3) is 0 Å². The molecule has 2 nitrogen and oxygen atoms in total. The molecule has 1 aromatic rings. The van der Waals surface area contributed by atoms with E-state index in [1.807, 2.05) is 0 Å². The number of halogens is 5. The van der Waals surface area contributed by atoms with Crippen LogP contribution >= 0.6 is 46.4 Å². The van der Waals surface area contributed by atoms with Gasteiger partial charge < -0.3 is 5.11 Å². The highest BCUT2D eigenvalue weighted by Gasteiger charge is 2.68. The molecule has 1 aliphatic rings. The molecule has 7 heteroatoms. The summed E-state index contributed by atoms with van der Waals surface area (Å²) < 4.78 is 11.8. The van der Waals surface area contributed by atoms with E-state index in [1.165, 1.54) is 12.1 Å². The molecule has 0 aromatic heterocycles. The molecule has 1 aromatic carbocycles. The van der Waals surface area contributed by atoms with E-state index in [0.717, 1.165) is 0 Å². The molecule has 1 N–H and O–H groups in total.